The average Bonchev–Trinajstić information content (AvgIpc) is 2.67. The predicted octanol–water partition coefficient (Wildman–Crippen LogP) is 2.93. The van der Waals surface area contributed by atoms with Crippen LogP contribution in [0.4, 0.5) is 5.69 Å². The fourth-order valence-electron chi connectivity index (χ4n) is 1.28. The monoisotopic (exact) mass is 301 g/mol. The van der Waals surface area contributed by atoms with Crippen LogP contribution in [-0.4, -0.2) is 20.4 Å². The summed E-state index contributed by atoms with van der Waals surface area (Å²) < 4.78 is 4.67. The number of aryl methyl sites for hydroxylation is 1. The van der Waals surface area contributed by atoms with E-state index in [1.165, 1.54) is 35.4 Å². The van der Waals surface area contributed by atoms with Gasteiger partial charge in [0.15, 0.2) is 4.34 Å². The van der Waals surface area contributed by atoms with E-state index in [4.69, 9.17) is 22.4 Å². The molecule has 2 rings (SSSR count). The molecule has 5 nitrogen and oxygen atoms in total. The number of halogens is 1. The van der Waals surface area contributed by atoms with Crippen molar-refractivity contribution in [3.63, 3.8) is 0 Å². The third kappa shape index (κ3) is 2.74. The summed E-state index contributed by atoms with van der Waals surface area (Å²) in [6, 6.07) is 2.90. The number of carbonyl (C=O) groups is 1. The van der Waals surface area contributed by atoms with Crippen LogP contribution in [0.25, 0.3) is 0 Å². The van der Waals surface area contributed by atoms with Crippen LogP contribution in [0.15, 0.2) is 21.4 Å². The minimum absolute atomic E-state index is 0.0675. The Hall–Kier alpha value is -1.31. The molecule has 0 amide bonds. The number of nitrogens with two attached hydrogens (primary N) is 1. The van der Waals surface area contributed by atoms with E-state index in [1.54, 1.807) is 6.92 Å². The molecule has 0 radical (unpaired) electrons. The van der Waals surface area contributed by atoms with Crippen LogP contribution in [0.1, 0.15) is 16.2 Å². The van der Waals surface area contributed by atoms with Crippen molar-refractivity contribution >= 4 is 46.6 Å². The molecule has 1 heterocycles. The number of carboxylic acids is 1. The summed E-state index contributed by atoms with van der Waals surface area (Å²) in [7, 11) is 0. The zero-order chi connectivity index (χ0) is 13.3. The van der Waals surface area contributed by atoms with Gasteiger partial charge in [0.25, 0.3) is 0 Å². The molecule has 94 valence electrons. The van der Waals surface area contributed by atoms with Crippen LogP contribution in [0.2, 0.25) is 5.02 Å². The Morgan fingerprint density at radius 2 is 2.28 bits per heavy atom. The fourth-order valence-corrected chi connectivity index (χ4v) is 3.33. The molecule has 3 N–H and O–H groups in total. The highest BCUT2D eigenvalue weighted by Gasteiger charge is 2.17. The lowest BCUT2D eigenvalue weighted by Crippen LogP contribution is -2.01. The molecule has 0 aliphatic heterocycles. The van der Waals surface area contributed by atoms with Gasteiger partial charge in [0, 0.05) is 10.6 Å². The number of anilines is 1. The minimum atomic E-state index is -1.08. The van der Waals surface area contributed by atoms with Gasteiger partial charge in [-0.15, -0.1) is 0 Å². The van der Waals surface area contributed by atoms with Crippen molar-refractivity contribution in [2.75, 3.05) is 5.73 Å². The molecule has 0 aliphatic carbocycles. The van der Waals surface area contributed by atoms with E-state index in [1.807, 2.05) is 0 Å². The Kier molecular flexibility index (Phi) is 3.74. The lowest BCUT2D eigenvalue weighted by atomic mass is 10.2. The van der Waals surface area contributed by atoms with Gasteiger partial charge in [0.1, 0.15) is 5.82 Å². The highest BCUT2D eigenvalue weighted by Crippen LogP contribution is 2.38. The predicted molar refractivity (Wildman–Crippen MR) is 71.6 cm³/mol. The Labute approximate surface area is 116 Å². The average molecular weight is 302 g/mol. The quantitative estimate of drug-likeness (QED) is 0.847. The maximum atomic E-state index is 11.2. The van der Waals surface area contributed by atoms with Crippen molar-refractivity contribution in [3.8, 4) is 0 Å². The fraction of sp³-hybridized carbons (Fsp3) is 0.100. The summed E-state index contributed by atoms with van der Waals surface area (Å²) in [6.07, 6.45) is 0. The van der Waals surface area contributed by atoms with Gasteiger partial charge in [-0.2, -0.15) is 4.37 Å². The van der Waals surface area contributed by atoms with Crippen molar-refractivity contribution in [3.05, 3.63) is 28.5 Å². The number of carboxylic acid groups (broad SMARTS) is 1. The summed E-state index contributed by atoms with van der Waals surface area (Å²) in [6.45, 7) is 1.77. The molecule has 0 bridgehead atoms. The normalized spacial score (nSPS) is 10.6. The van der Waals surface area contributed by atoms with Gasteiger partial charge >= 0.3 is 5.97 Å². The summed E-state index contributed by atoms with van der Waals surface area (Å²) in [4.78, 5) is 15.7. The van der Waals surface area contributed by atoms with Crippen LogP contribution in [-0.2, 0) is 0 Å². The van der Waals surface area contributed by atoms with Gasteiger partial charge in [-0.25, -0.2) is 9.78 Å². The number of hydrogen-bond donors (Lipinski definition) is 2. The second-order valence-corrected chi connectivity index (χ2v) is 5.81. The van der Waals surface area contributed by atoms with Gasteiger partial charge in [0.05, 0.1) is 10.6 Å². The van der Waals surface area contributed by atoms with E-state index in [9.17, 15) is 4.79 Å². The number of aromatic nitrogens is 2. The van der Waals surface area contributed by atoms with Crippen LogP contribution in [0, 0.1) is 6.92 Å². The molecule has 0 saturated carbocycles. The molecule has 0 atom stereocenters. The zero-order valence-corrected chi connectivity index (χ0v) is 11.6. The van der Waals surface area contributed by atoms with Crippen LogP contribution >= 0.6 is 34.9 Å². The number of nitrogen functional groups attached to an aromatic ring is 1. The van der Waals surface area contributed by atoms with Crippen LogP contribution < -0.4 is 5.73 Å². The largest absolute Gasteiger partial charge is 0.478 e. The van der Waals surface area contributed by atoms with E-state index in [2.05, 4.69) is 9.36 Å². The van der Waals surface area contributed by atoms with Crippen molar-refractivity contribution in [1.82, 2.24) is 9.36 Å². The summed E-state index contributed by atoms with van der Waals surface area (Å²) >= 11 is 8.40. The highest BCUT2D eigenvalue weighted by atomic mass is 35.5. The molecule has 0 aliphatic rings. The number of benzene rings is 1. The highest BCUT2D eigenvalue weighted by molar-refractivity contribution is 8.01. The SMILES string of the molecule is Cc1nsc(Sc2c(Cl)cc(N)cc2C(=O)O)n1. The Morgan fingerprint density at radius 1 is 1.56 bits per heavy atom. The smallest absolute Gasteiger partial charge is 0.336 e. The number of hydrogen-bond acceptors (Lipinski definition) is 6. The first kappa shape index (κ1) is 13.1. The Morgan fingerprint density at radius 3 is 2.83 bits per heavy atom. The molecule has 0 saturated heterocycles. The second-order valence-electron chi connectivity index (χ2n) is 3.39. The van der Waals surface area contributed by atoms with Crippen molar-refractivity contribution in [2.45, 2.75) is 16.2 Å². The number of nitrogens with zero attached hydrogens (tertiary/aromatic N) is 2. The third-order valence-corrected chi connectivity index (χ3v) is 4.39. The van der Waals surface area contributed by atoms with Gasteiger partial charge in [-0.1, -0.05) is 23.4 Å². The van der Waals surface area contributed by atoms with Gasteiger partial charge < -0.3 is 10.8 Å². The van der Waals surface area contributed by atoms with Gasteiger partial charge in [-0.3, -0.25) is 0 Å². The van der Waals surface area contributed by atoms with Crippen LogP contribution in [0.5, 0.6) is 0 Å². The molecule has 1 aromatic carbocycles. The molecule has 18 heavy (non-hydrogen) atoms. The first-order chi connectivity index (χ1) is 8.47. The van der Waals surface area contributed by atoms with Crippen molar-refractivity contribution in [2.24, 2.45) is 0 Å². The summed E-state index contributed by atoms with van der Waals surface area (Å²) in [5, 5.41) is 9.43. The molecule has 0 unspecified atom stereocenters. The molecule has 1 aromatic heterocycles. The van der Waals surface area contributed by atoms with E-state index in [-0.39, 0.29) is 5.56 Å². The molecule has 2 aromatic rings. The summed E-state index contributed by atoms with van der Waals surface area (Å²) in [5.74, 6) is -0.432. The third-order valence-electron chi connectivity index (χ3n) is 1.99. The topological polar surface area (TPSA) is 89.1 Å². The van der Waals surface area contributed by atoms with Gasteiger partial charge in [-0.05, 0) is 30.6 Å². The van der Waals surface area contributed by atoms with E-state index < -0.39 is 5.97 Å². The van der Waals surface area contributed by atoms with Gasteiger partial charge in [0.2, 0.25) is 0 Å². The minimum Gasteiger partial charge on any atom is -0.478 e. The van der Waals surface area contributed by atoms with Crippen molar-refractivity contribution < 1.29 is 9.90 Å². The maximum absolute atomic E-state index is 11.2. The lowest BCUT2D eigenvalue weighted by Gasteiger charge is -2.07. The van der Waals surface area contributed by atoms with Crippen molar-refractivity contribution in [1.29, 1.82) is 0 Å². The Bertz CT molecular complexity index is 615. The van der Waals surface area contributed by atoms with Crippen LogP contribution in [0.3, 0.4) is 0 Å². The first-order valence-electron chi connectivity index (χ1n) is 4.78. The molecular formula is C10H8ClN3O2S2. The Balaban J connectivity index is 2.46. The molecule has 0 spiro atoms. The molecular weight excluding hydrogens is 294 g/mol. The zero-order valence-electron chi connectivity index (χ0n) is 9.18. The van der Waals surface area contributed by atoms with E-state index in [0.717, 1.165) is 0 Å². The summed E-state index contributed by atoms with van der Waals surface area (Å²) in [5.41, 5.74) is 5.96. The first-order valence-corrected chi connectivity index (χ1v) is 6.74. The molecule has 0 fully saturated rings. The lowest BCUT2D eigenvalue weighted by molar-refractivity contribution is 0.0693. The number of aromatic carboxylic acids is 1. The standard InChI is InChI=1S/C10H8ClN3O2S2/c1-4-13-10(18-14-4)17-8-6(9(15)16)2-5(12)3-7(8)11/h2-3H,12H2,1H3,(H,15,16). The van der Waals surface area contributed by atoms with E-state index >= 15 is 0 Å². The van der Waals surface area contributed by atoms with E-state index in [0.29, 0.717) is 25.8 Å². The molecule has 8 heteroatoms. The number of rotatable bonds is 3. The maximum Gasteiger partial charge on any atom is 0.336 e. The second kappa shape index (κ2) is 5.13.